The van der Waals surface area contributed by atoms with Gasteiger partial charge in [0.1, 0.15) is 0 Å². The first-order valence-corrected chi connectivity index (χ1v) is 6.96. The summed E-state index contributed by atoms with van der Waals surface area (Å²) in [7, 11) is 0. The van der Waals surface area contributed by atoms with Crippen LogP contribution in [0, 0.1) is 12.8 Å². The molecule has 0 aliphatic carbocycles. The van der Waals surface area contributed by atoms with E-state index in [9.17, 15) is 4.79 Å². The zero-order chi connectivity index (χ0) is 14.4. The van der Waals surface area contributed by atoms with Crippen LogP contribution in [0.15, 0.2) is 18.2 Å². The summed E-state index contributed by atoms with van der Waals surface area (Å²) < 4.78 is 10.8. The normalized spacial score (nSPS) is 18.1. The summed E-state index contributed by atoms with van der Waals surface area (Å²) >= 11 is 0. The molecule has 1 heterocycles. The van der Waals surface area contributed by atoms with Gasteiger partial charge in [-0.15, -0.1) is 0 Å². The summed E-state index contributed by atoms with van der Waals surface area (Å²) in [5, 5.41) is 2.86. The molecule has 0 bridgehead atoms. The number of rotatable bonds is 6. The van der Waals surface area contributed by atoms with Crippen molar-refractivity contribution in [1.29, 1.82) is 0 Å². The standard InChI is InChI=1S/C15H22N2O3/c1-11-2-3-13(16)8-14(11)17-15(18)5-7-20-10-12-4-6-19-9-12/h2-3,8,12H,4-7,9-10,16H2,1H3,(H,17,18). The number of aryl methyl sites for hydroxylation is 1. The molecular formula is C15H22N2O3. The minimum absolute atomic E-state index is 0.0543. The average Bonchev–Trinajstić information content (AvgIpc) is 2.92. The van der Waals surface area contributed by atoms with Gasteiger partial charge in [0.2, 0.25) is 5.91 Å². The van der Waals surface area contributed by atoms with Crippen LogP contribution in [0.5, 0.6) is 0 Å². The molecule has 0 spiro atoms. The molecule has 0 saturated carbocycles. The van der Waals surface area contributed by atoms with Crippen molar-refractivity contribution in [3.63, 3.8) is 0 Å². The van der Waals surface area contributed by atoms with Gasteiger partial charge in [0.15, 0.2) is 0 Å². The number of carbonyl (C=O) groups excluding carboxylic acids is 1. The Hall–Kier alpha value is -1.59. The molecule has 1 atom stereocenters. The second-order valence-electron chi connectivity index (χ2n) is 5.18. The predicted octanol–water partition coefficient (Wildman–Crippen LogP) is 1.96. The first kappa shape index (κ1) is 14.8. The van der Waals surface area contributed by atoms with Gasteiger partial charge >= 0.3 is 0 Å². The summed E-state index contributed by atoms with van der Waals surface area (Å²) in [6.07, 6.45) is 1.40. The number of anilines is 2. The quantitative estimate of drug-likeness (QED) is 0.616. The van der Waals surface area contributed by atoms with E-state index in [1.165, 1.54) is 0 Å². The van der Waals surface area contributed by atoms with Crippen LogP contribution in [0.3, 0.4) is 0 Å². The second-order valence-corrected chi connectivity index (χ2v) is 5.18. The number of benzene rings is 1. The van der Waals surface area contributed by atoms with E-state index in [2.05, 4.69) is 5.32 Å². The fraction of sp³-hybridized carbons (Fsp3) is 0.533. The van der Waals surface area contributed by atoms with E-state index in [-0.39, 0.29) is 5.91 Å². The third-order valence-corrected chi connectivity index (χ3v) is 3.39. The van der Waals surface area contributed by atoms with Gasteiger partial charge in [-0.25, -0.2) is 0 Å². The molecule has 5 heteroatoms. The van der Waals surface area contributed by atoms with E-state index < -0.39 is 0 Å². The average molecular weight is 278 g/mol. The van der Waals surface area contributed by atoms with Crippen molar-refractivity contribution in [2.24, 2.45) is 5.92 Å². The van der Waals surface area contributed by atoms with Gasteiger partial charge in [0.05, 0.1) is 26.2 Å². The van der Waals surface area contributed by atoms with Crippen LogP contribution in [0.2, 0.25) is 0 Å². The summed E-state index contributed by atoms with van der Waals surface area (Å²) in [4.78, 5) is 11.8. The van der Waals surface area contributed by atoms with Crippen molar-refractivity contribution < 1.29 is 14.3 Å². The fourth-order valence-electron chi connectivity index (χ4n) is 2.12. The highest BCUT2D eigenvalue weighted by Crippen LogP contribution is 2.18. The fourth-order valence-corrected chi connectivity index (χ4v) is 2.12. The number of hydrogen-bond donors (Lipinski definition) is 2. The Morgan fingerprint density at radius 1 is 1.55 bits per heavy atom. The number of ether oxygens (including phenoxy) is 2. The van der Waals surface area contributed by atoms with Crippen LogP contribution in [-0.2, 0) is 14.3 Å². The highest BCUT2D eigenvalue weighted by molar-refractivity contribution is 5.92. The molecule has 1 unspecified atom stereocenters. The minimum atomic E-state index is -0.0543. The van der Waals surface area contributed by atoms with Gasteiger partial charge in [0.25, 0.3) is 0 Å². The number of hydrogen-bond acceptors (Lipinski definition) is 4. The van der Waals surface area contributed by atoms with E-state index in [1.807, 2.05) is 19.1 Å². The Kier molecular flexibility index (Phi) is 5.38. The molecule has 5 nitrogen and oxygen atoms in total. The maximum atomic E-state index is 11.8. The van der Waals surface area contributed by atoms with Crippen LogP contribution in [0.25, 0.3) is 0 Å². The second kappa shape index (κ2) is 7.26. The molecule has 3 N–H and O–H groups in total. The predicted molar refractivity (Wildman–Crippen MR) is 78.6 cm³/mol. The molecule has 1 amide bonds. The number of nitrogens with two attached hydrogens (primary N) is 1. The zero-order valence-corrected chi connectivity index (χ0v) is 11.9. The van der Waals surface area contributed by atoms with Crippen molar-refractivity contribution in [3.8, 4) is 0 Å². The molecule has 110 valence electrons. The number of amides is 1. The lowest BCUT2D eigenvalue weighted by Crippen LogP contribution is -2.17. The van der Waals surface area contributed by atoms with E-state index in [0.717, 1.165) is 30.9 Å². The van der Waals surface area contributed by atoms with E-state index in [4.69, 9.17) is 15.2 Å². The van der Waals surface area contributed by atoms with Crippen molar-refractivity contribution >= 4 is 17.3 Å². The van der Waals surface area contributed by atoms with Crippen molar-refractivity contribution in [2.45, 2.75) is 19.8 Å². The maximum absolute atomic E-state index is 11.8. The number of carbonyl (C=O) groups is 1. The molecule has 20 heavy (non-hydrogen) atoms. The topological polar surface area (TPSA) is 73.6 Å². The summed E-state index contributed by atoms with van der Waals surface area (Å²) in [6.45, 7) is 4.64. The van der Waals surface area contributed by atoms with Gasteiger partial charge in [-0.05, 0) is 31.0 Å². The van der Waals surface area contributed by atoms with Crippen molar-refractivity contribution in [2.75, 3.05) is 37.5 Å². The van der Waals surface area contributed by atoms with Crippen LogP contribution in [0.1, 0.15) is 18.4 Å². The highest BCUT2D eigenvalue weighted by Gasteiger charge is 2.15. The molecule has 0 aromatic heterocycles. The van der Waals surface area contributed by atoms with Gasteiger partial charge in [-0.2, -0.15) is 0 Å². The zero-order valence-electron chi connectivity index (χ0n) is 11.9. The highest BCUT2D eigenvalue weighted by atomic mass is 16.5. The lowest BCUT2D eigenvalue weighted by atomic mass is 10.1. The molecule has 1 aliphatic heterocycles. The summed E-state index contributed by atoms with van der Waals surface area (Å²) in [5.41, 5.74) is 8.11. The molecule has 1 fully saturated rings. The van der Waals surface area contributed by atoms with E-state index in [0.29, 0.717) is 31.2 Å². The molecular weight excluding hydrogens is 256 g/mol. The first-order chi connectivity index (χ1) is 9.65. The Bertz CT molecular complexity index is 456. The molecule has 2 rings (SSSR count). The minimum Gasteiger partial charge on any atom is -0.399 e. The van der Waals surface area contributed by atoms with Crippen molar-refractivity contribution in [3.05, 3.63) is 23.8 Å². The molecule has 1 aliphatic rings. The molecule has 0 radical (unpaired) electrons. The Morgan fingerprint density at radius 2 is 2.40 bits per heavy atom. The Balaban J connectivity index is 1.68. The Morgan fingerprint density at radius 3 is 3.15 bits per heavy atom. The largest absolute Gasteiger partial charge is 0.399 e. The SMILES string of the molecule is Cc1ccc(N)cc1NC(=O)CCOCC1CCOC1. The van der Waals surface area contributed by atoms with Gasteiger partial charge in [-0.1, -0.05) is 6.07 Å². The van der Waals surface area contributed by atoms with Gasteiger partial charge in [0, 0.05) is 23.9 Å². The van der Waals surface area contributed by atoms with Crippen LogP contribution >= 0.6 is 0 Å². The molecule has 1 aromatic rings. The van der Waals surface area contributed by atoms with E-state index in [1.54, 1.807) is 6.07 Å². The van der Waals surface area contributed by atoms with Crippen molar-refractivity contribution in [1.82, 2.24) is 0 Å². The number of nitrogen functional groups attached to an aromatic ring is 1. The summed E-state index contributed by atoms with van der Waals surface area (Å²) in [5.74, 6) is 0.426. The number of nitrogens with one attached hydrogen (secondary N) is 1. The third kappa shape index (κ3) is 4.51. The van der Waals surface area contributed by atoms with Crippen LogP contribution in [-0.4, -0.2) is 32.3 Å². The van der Waals surface area contributed by atoms with Gasteiger partial charge in [-0.3, -0.25) is 4.79 Å². The lowest BCUT2D eigenvalue weighted by molar-refractivity contribution is -0.117. The first-order valence-electron chi connectivity index (χ1n) is 6.96. The molecule has 1 aromatic carbocycles. The van der Waals surface area contributed by atoms with Crippen LogP contribution in [0.4, 0.5) is 11.4 Å². The maximum Gasteiger partial charge on any atom is 0.226 e. The van der Waals surface area contributed by atoms with Crippen LogP contribution < -0.4 is 11.1 Å². The third-order valence-electron chi connectivity index (χ3n) is 3.39. The molecule has 1 saturated heterocycles. The van der Waals surface area contributed by atoms with Gasteiger partial charge < -0.3 is 20.5 Å². The monoisotopic (exact) mass is 278 g/mol. The summed E-state index contributed by atoms with van der Waals surface area (Å²) in [6, 6.07) is 5.48. The Labute approximate surface area is 119 Å². The van der Waals surface area contributed by atoms with E-state index >= 15 is 0 Å². The smallest absolute Gasteiger partial charge is 0.226 e. The lowest BCUT2D eigenvalue weighted by Gasteiger charge is -2.10.